The molecule has 0 radical (unpaired) electrons. The van der Waals surface area contributed by atoms with Crippen LogP contribution in [0.5, 0.6) is 0 Å². The standard InChI is InChI=1S/C16H18ClN3O/c1-2-20-15(9-10-18-20)16(21)19-11-3-4-14(19)12-5-7-13(17)8-6-12/h5-10,14H,2-4,11H2,1H3. The van der Waals surface area contributed by atoms with E-state index in [4.69, 9.17) is 11.6 Å². The summed E-state index contributed by atoms with van der Waals surface area (Å²) in [5, 5.41) is 4.91. The summed E-state index contributed by atoms with van der Waals surface area (Å²) in [4.78, 5) is 14.7. The van der Waals surface area contributed by atoms with Gasteiger partial charge in [-0.1, -0.05) is 23.7 Å². The summed E-state index contributed by atoms with van der Waals surface area (Å²) in [7, 11) is 0. The van der Waals surface area contributed by atoms with E-state index in [1.807, 2.05) is 36.1 Å². The minimum Gasteiger partial charge on any atom is -0.330 e. The van der Waals surface area contributed by atoms with E-state index in [0.29, 0.717) is 12.2 Å². The van der Waals surface area contributed by atoms with Gasteiger partial charge in [0.2, 0.25) is 0 Å². The molecule has 1 atom stereocenters. The fourth-order valence-corrected chi connectivity index (χ4v) is 3.08. The van der Waals surface area contributed by atoms with E-state index < -0.39 is 0 Å². The van der Waals surface area contributed by atoms with E-state index in [1.165, 1.54) is 0 Å². The highest BCUT2D eigenvalue weighted by molar-refractivity contribution is 6.30. The number of benzene rings is 1. The van der Waals surface area contributed by atoms with Gasteiger partial charge in [-0.3, -0.25) is 9.48 Å². The van der Waals surface area contributed by atoms with Crippen LogP contribution in [0.3, 0.4) is 0 Å². The molecule has 0 N–H and O–H groups in total. The van der Waals surface area contributed by atoms with Gasteiger partial charge < -0.3 is 4.90 Å². The molecule has 1 aliphatic heterocycles. The molecule has 1 unspecified atom stereocenters. The molecule has 1 saturated heterocycles. The highest BCUT2D eigenvalue weighted by atomic mass is 35.5. The van der Waals surface area contributed by atoms with Gasteiger partial charge in [-0.25, -0.2) is 0 Å². The van der Waals surface area contributed by atoms with Crippen LogP contribution in [0.1, 0.15) is 41.9 Å². The first-order valence-electron chi connectivity index (χ1n) is 7.29. The van der Waals surface area contributed by atoms with E-state index in [0.717, 1.165) is 30.0 Å². The van der Waals surface area contributed by atoms with E-state index >= 15 is 0 Å². The third kappa shape index (κ3) is 2.68. The van der Waals surface area contributed by atoms with Crippen molar-refractivity contribution in [2.75, 3.05) is 6.54 Å². The van der Waals surface area contributed by atoms with Crippen molar-refractivity contribution in [3.63, 3.8) is 0 Å². The molecule has 1 aliphatic rings. The van der Waals surface area contributed by atoms with Crippen molar-refractivity contribution in [2.24, 2.45) is 0 Å². The minimum atomic E-state index is 0.0619. The van der Waals surface area contributed by atoms with Gasteiger partial charge in [0.25, 0.3) is 5.91 Å². The second-order valence-corrected chi connectivity index (χ2v) is 5.68. The number of carbonyl (C=O) groups excluding carboxylic acids is 1. The topological polar surface area (TPSA) is 38.1 Å². The summed E-state index contributed by atoms with van der Waals surface area (Å²) in [6.45, 7) is 3.49. The first-order valence-corrected chi connectivity index (χ1v) is 7.66. The Balaban J connectivity index is 1.87. The Bertz CT molecular complexity index is 635. The van der Waals surface area contributed by atoms with Crippen LogP contribution in [0.4, 0.5) is 0 Å². The van der Waals surface area contributed by atoms with E-state index in [9.17, 15) is 4.79 Å². The SMILES string of the molecule is CCn1nccc1C(=O)N1CCCC1c1ccc(Cl)cc1. The van der Waals surface area contributed by atoms with Gasteiger partial charge in [0, 0.05) is 24.3 Å². The lowest BCUT2D eigenvalue weighted by Crippen LogP contribution is -2.32. The summed E-state index contributed by atoms with van der Waals surface area (Å²) in [6, 6.07) is 9.71. The number of likely N-dealkylation sites (tertiary alicyclic amines) is 1. The molecule has 1 amide bonds. The Kier molecular flexibility index (Phi) is 3.97. The molecular weight excluding hydrogens is 286 g/mol. The van der Waals surface area contributed by atoms with E-state index in [1.54, 1.807) is 16.9 Å². The number of amides is 1. The second-order valence-electron chi connectivity index (χ2n) is 5.24. The average molecular weight is 304 g/mol. The summed E-state index contributed by atoms with van der Waals surface area (Å²) in [5.41, 5.74) is 1.81. The van der Waals surface area contributed by atoms with Gasteiger partial charge in [-0.2, -0.15) is 5.10 Å². The Morgan fingerprint density at radius 2 is 2.10 bits per heavy atom. The van der Waals surface area contributed by atoms with Crippen LogP contribution in [-0.4, -0.2) is 27.1 Å². The van der Waals surface area contributed by atoms with Gasteiger partial charge >= 0.3 is 0 Å². The number of aromatic nitrogens is 2. The van der Waals surface area contributed by atoms with Crippen LogP contribution in [-0.2, 0) is 6.54 Å². The maximum Gasteiger partial charge on any atom is 0.272 e. The van der Waals surface area contributed by atoms with Crippen molar-refractivity contribution in [1.29, 1.82) is 0 Å². The molecule has 2 heterocycles. The molecule has 2 aromatic rings. The minimum absolute atomic E-state index is 0.0619. The van der Waals surface area contributed by atoms with Gasteiger partial charge in [-0.05, 0) is 43.5 Å². The molecule has 3 rings (SSSR count). The van der Waals surface area contributed by atoms with Crippen LogP contribution in [0.2, 0.25) is 5.02 Å². The first-order chi connectivity index (χ1) is 10.2. The zero-order chi connectivity index (χ0) is 14.8. The largest absolute Gasteiger partial charge is 0.330 e. The zero-order valence-electron chi connectivity index (χ0n) is 12.0. The molecule has 110 valence electrons. The number of hydrogen-bond acceptors (Lipinski definition) is 2. The predicted molar refractivity (Wildman–Crippen MR) is 82.4 cm³/mol. The maximum atomic E-state index is 12.8. The van der Waals surface area contributed by atoms with Crippen LogP contribution in [0.15, 0.2) is 36.5 Å². The van der Waals surface area contributed by atoms with Gasteiger partial charge in [-0.15, -0.1) is 0 Å². The number of carbonyl (C=O) groups is 1. The number of halogens is 1. The number of rotatable bonds is 3. The van der Waals surface area contributed by atoms with E-state index in [-0.39, 0.29) is 11.9 Å². The quantitative estimate of drug-likeness (QED) is 0.870. The smallest absolute Gasteiger partial charge is 0.272 e. The van der Waals surface area contributed by atoms with Crippen molar-refractivity contribution in [3.05, 3.63) is 52.8 Å². The molecule has 21 heavy (non-hydrogen) atoms. The molecule has 1 aromatic carbocycles. The Hall–Kier alpha value is -1.81. The van der Waals surface area contributed by atoms with Crippen molar-refractivity contribution < 1.29 is 4.79 Å². The number of nitrogens with zero attached hydrogens (tertiary/aromatic N) is 3. The highest BCUT2D eigenvalue weighted by Gasteiger charge is 2.31. The number of hydrogen-bond donors (Lipinski definition) is 0. The van der Waals surface area contributed by atoms with Crippen molar-refractivity contribution in [3.8, 4) is 0 Å². The molecule has 0 aliphatic carbocycles. The van der Waals surface area contributed by atoms with Crippen LogP contribution in [0, 0.1) is 0 Å². The molecule has 1 fully saturated rings. The summed E-state index contributed by atoms with van der Waals surface area (Å²) >= 11 is 5.95. The summed E-state index contributed by atoms with van der Waals surface area (Å²) in [6.07, 6.45) is 3.71. The zero-order valence-corrected chi connectivity index (χ0v) is 12.8. The first kappa shape index (κ1) is 14.1. The maximum absolute atomic E-state index is 12.8. The van der Waals surface area contributed by atoms with Crippen LogP contribution >= 0.6 is 11.6 Å². The third-order valence-corrected chi connectivity index (χ3v) is 4.26. The molecule has 0 spiro atoms. The van der Waals surface area contributed by atoms with Gasteiger partial charge in [0.1, 0.15) is 5.69 Å². The summed E-state index contributed by atoms with van der Waals surface area (Å²) < 4.78 is 1.75. The Morgan fingerprint density at radius 3 is 2.81 bits per heavy atom. The molecule has 4 nitrogen and oxygen atoms in total. The van der Waals surface area contributed by atoms with E-state index in [2.05, 4.69) is 5.10 Å². The van der Waals surface area contributed by atoms with Crippen LogP contribution < -0.4 is 0 Å². The molecular formula is C16H18ClN3O. The van der Waals surface area contributed by atoms with Crippen molar-refractivity contribution >= 4 is 17.5 Å². The third-order valence-electron chi connectivity index (χ3n) is 4.00. The second kappa shape index (κ2) is 5.90. The normalized spacial score (nSPS) is 18.2. The Labute approximate surface area is 129 Å². The van der Waals surface area contributed by atoms with Crippen molar-refractivity contribution in [1.82, 2.24) is 14.7 Å². The fraction of sp³-hybridized carbons (Fsp3) is 0.375. The lowest BCUT2D eigenvalue weighted by atomic mass is 10.0. The lowest BCUT2D eigenvalue weighted by Gasteiger charge is -2.25. The van der Waals surface area contributed by atoms with Crippen LogP contribution in [0.25, 0.3) is 0 Å². The molecule has 5 heteroatoms. The average Bonchev–Trinajstić information content (AvgIpc) is 3.16. The molecule has 0 saturated carbocycles. The van der Waals surface area contributed by atoms with Gasteiger partial charge in [0.15, 0.2) is 0 Å². The lowest BCUT2D eigenvalue weighted by molar-refractivity contribution is 0.0723. The molecule has 1 aromatic heterocycles. The van der Waals surface area contributed by atoms with Gasteiger partial charge in [0.05, 0.1) is 6.04 Å². The molecule has 0 bridgehead atoms. The Morgan fingerprint density at radius 1 is 1.33 bits per heavy atom. The monoisotopic (exact) mass is 303 g/mol. The fourth-order valence-electron chi connectivity index (χ4n) is 2.95. The predicted octanol–water partition coefficient (Wildman–Crippen LogP) is 3.53. The van der Waals surface area contributed by atoms with Crippen molar-refractivity contribution in [2.45, 2.75) is 32.4 Å². The number of aryl methyl sites for hydroxylation is 1. The summed E-state index contributed by atoms with van der Waals surface area (Å²) in [5.74, 6) is 0.0619. The highest BCUT2D eigenvalue weighted by Crippen LogP contribution is 2.33.